The molecule has 6 heteroatoms. The van der Waals surface area contributed by atoms with Gasteiger partial charge < -0.3 is 5.32 Å². The minimum atomic E-state index is -0.202. The summed E-state index contributed by atoms with van der Waals surface area (Å²) < 4.78 is 15.3. The van der Waals surface area contributed by atoms with Gasteiger partial charge in [-0.15, -0.1) is 10.2 Å². The largest absolute Gasteiger partial charge is 0.362 e. The Labute approximate surface area is 134 Å². The van der Waals surface area contributed by atoms with Gasteiger partial charge in [-0.05, 0) is 56.2 Å². The number of benzene rings is 1. The van der Waals surface area contributed by atoms with Crippen LogP contribution in [0, 0.1) is 19.7 Å². The first-order valence-corrected chi connectivity index (χ1v) is 7.42. The normalized spacial score (nSPS) is 12.2. The number of halogens is 1. The van der Waals surface area contributed by atoms with Crippen LogP contribution in [0.25, 0.3) is 5.82 Å². The second kappa shape index (κ2) is 6.16. The van der Waals surface area contributed by atoms with E-state index in [-0.39, 0.29) is 11.9 Å². The summed E-state index contributed by atoms with van der Waals surface area (Å²) in [5.41, 5.74) is 2.42. The zero-order chi connectivity index (χ0) is 16.4. The zero-order valence-electron chi connectivity index (χ0n) is 13.3. The standard InChI is InChI=1S/C17H18FN5/c1-11-4-5-14(10-15(11)18)13(3)19-16-6-7-17(21-20-16)23-9-8-12(2)22-23/h4-10,13H,1-3H3,(H,19,20). The van der Waals surface area contributed by atoms with Crippen LogP contribution >= 0.6 is 0 Å². The maximum Gasteiger partial charge on any atom is 0.175 e. The molecule has 0 aliphatic rings. The maximum atomic E-state index is 13.7. The molecule has 0 fully saturated rings. The molecule has 0 radical (unpaired) electrons. The average molecular weight is 311 g/mol. The smallest absolute Gasteiger partial charge is 0.175 e. The van der Waals surface area contributed by atoms with E-state index in [2.05, 4.69) is 20.6 Å². The lowest BCUT2D eigenvalue weighted by Gasteiger charge is -2.15. The third-order valence-corrected chi connectivity index (χ3v) is 3.67. The van der Waals surface area contributed by atoms with Crippen LogP contribution in [0.3, 0.4) is 0 Å². The quantitative estimate of drug-likeness (QED) is 0.800. The first kappa shape index (κ1) is 15.1. The van der Waals surface area contributed by atoms with Crippen LogP contribution < -0.4 is 5.32 Å². The third-order valence-electron chi connectivity index (χ3n) is 3.67. The van der Waals surface area contributed by atoms with Crippen molar-refractivity contribution in [1.82, 2.24) is 20.0 Å². The van der Waals surface area contributed by atoms with E-state index in [0.29, 0.717) is 17.2 Å². The molecule has 1 N–H and O–H groups in total. The molecule has 118 valence electrons. The zero-order valence-corrected chi connectivity index (χ0v) is 13.3. The van der Waals surface area contributed by atoms with Gasteiger partial charge in [0, 0.05) is 6.20 Å². The summed E-state index contributed by atoms with van der Waals surface area (Å²) in [5.74, 6) is 1.08. The van der Waals surface area contributed by atoms with Crippen molar-refractivity contribution in [2.75, 3.05) is 5.32 Å². The van der Waals surface area contributed by atoms with Gasteiger partial charge in [-0.2, -0.15) is 5.10 Å². The van der Waals surface area contributed by atoms with E-state index in [1.165, 1.54) is 0 Å². The van der Waals surface area contributed by atoms with Crippen LogP contribution in [0.1, 0.15) is 29.8 Å². The lowest BCUT2D eigenvalue weighted by atomic mass is 10.1. The highest BCUT2D eigenvalue weighted by atomic mass is 19.1. The number of nitrogens with zero attached hydrogens (tertiary/aromatic N) is 4. The molecule has 1 aromatic carbocycles. The lowest BCUT2D eigenvalue weighted by Crippen LogP contribution is -2.10. The number of nitrogens with one attached hydrogen (secondary N) is 1. The fourth-order valence-corrected chi connectivity index (χ4v) is 2.25. The van der Waals surface area contributed by atoms with E-state index in [1.807, 2.05) is 44.3 Å². The summed E-state index contributed by atoms with van der Waals surface area (Å²) in [6, 6.07) is 10.7. The molecule has 5 nitrogen and oxygen atoms in total. The van der Waals surface area contributed by atoms with Crippen LogP contribution in [0.2, 0.25) is 0 Å². The molecular weight excluding hydrogens is 293 g/mol. The van der Waals surface area contributed by atoms with Crippen LogP contribution in [0.15, 0.2) is 42.6 Å². The maximum absolute atomic E-state index is 13.7. The summed E-state index contributed by atoms with van der Waals surface area (Å²) in [6.45, 7) is 5.62. The van der Waals surface area contributed by atoms with Crippen molar-refractivity contribution >= 4 is 5.82 Å². The van der Waals surface area contributed by atoms with Gasteiger partial charge in [0.25, 0.3) is 0 Å². The minimum absolute atomic E-state index is 0.0720. The molecule has 0 saturated carbocycles. The highest BCUT2D eigenvalue weighted by molar-refractivity contribution is 5.39. The number of aryl methyl sites for hydroxylation is 2. The van der Waals surface area contributed by atoms with Crippen LogP contribution in [0.4, 0.5) is 10.2 Å². The molecule has 0 aliphatic heterocycles. The van der Waals surface area contributed by atoms with E-state index in [4.69, 9.17) is 0 Å². The molecule has 0 spiro atoms. The molecule has 2 aromatic heterocycles. The van der Waals surface area contributed by atoms with Crippen molar-refractivity contribution < 1.29 is 4.39 Å². The molecule has 0 bridgehead atoms. The molecule has 2 heterocycles. The highest BCUT2D eigenvalue weighted by Gasteiger charge is 2.09. The molecule has 0 amide bonds. The summed E-state index contributed by atoms with van der Waals surface area (Å²) in [5, 5.41) is 15.8. The second-order valence-corrected chi connectivity index (χ2v) is 5.55. The molecule has 0 saturated heterocycles. The van der Waals surface area contributed by atoms with Crippen molar-refractivity contribution in [2.45, 2.75) is 26.8 Å². The summed E-state index contributed by atoms with van der Waals surface area (Å²) >= 11 is 0. The predicted octanol–water partition coefficient (Wildman–Crippen LogP) is 3.59. The first-order valence-electron chi connectivity index (χ1n) is 7.42. The monoisotopic (exact) mass is 311 g/mol. The van der Waals surface area contributed by atoms with Crippen LogP contribution in [0.5, 0.6) is 0 Å². The lowest BCUT2D eigenvalue weighted by molar-refractivity contribution is 0.614. The topological polar surface area (TPSA) is 55.6 Å². The predicted molar refractivity (Wildman–Crippen MR) is 87.1 cm³/mol. The van der Waals surface area contributed by atoms with E-state index >= 15 is 0 Å². The number of hydrogen-bond donors (Lipinski definition) is 1. The van der Waals surface area contributed by atoms with Gasteiger partial charge in [0.15, 0.2) is 5.82 Å². The van der Waals surface area contributed by atoms with Gasteiger partial charge in [-0.1, -0.05) is 12.1 Å². The van der Waals surface area contributed by atoms with Crippen molar-refractivity contribution in [3.63, 3.8) is 0 Å². The van der Waals surface area contributed by atoms with Crippen molar-refractivity contribution in [2.24, 2.45) is 0 Å². The van der Waals surface area contributed by atoms with Gasteiger partial charge in [0.05, 0.1) is 11.7 Å². The minimum Gasteiger partial charge on any atom is -0.362 e. The fourth-order valence-electron chi connectivity index (χ4n) is 2.25. The van der Waals surface area contributed by atoms with Gasteiger partial charge in [0.1, 0.15) is 11.6 Å². The van der Waals surface area contributed by atoms with Gasteiger partial charge >= 0.3 is 0 Å². The number of anilines is 1. The van der Waals surface area contributed by atoms with E-state index < -0.39 is 0 Å². The Morgan fingerprint density at radius 2 is 1.91 bits per heavy atom. The Hall–Kier alpha value is -2.76. The van der Waals surface area contributed by atoms with E-state index in [1.54, 1.807) is 23.7 Å². The SMILES string of the molecule is Cc1ccn(-c2ccc(NC(C)c3ccc(C)c(F)c3)nn2)n1. The molecule has 1 atom stereocenters. The van der Waals surface area contributed by atoms with Gasteiger partial charge in [0.2, 0.25) is 0 Å². The fraction of sp³-hybridized carbons (Fsp3) is 0.235. The first-order chi connectivity index (χ1) is 11.0. The van der Waals surface area contributed by atoms with Crippen molar-refractivity contribution in [3.8, 4) is 5.82 Å². The number of aromatic nitrogens is 4. The Morgan fingerprint density at radius 3 is 2.52 bits per heavy atom. The van der Waals surface area contributed by atoms with E-state index in [9.17, 15) is 4.39 Å². The Bertz CT molecular complexity index is 810. The summed E-state index contributed by atoms with van der Waals surface area (Å²) in [7, 11) is 0. The molecule has 1 unspecified atom stereocenters. The molecule has 3 aromatic rings. The van der Waals surface area contributed by atoms with Crippen molar-refractivity contribution in [3.05, 3.63) is 65.2 Å². The van der Waals surface area contributed by atoms with Crippen LogP contribution in [-0.4, -0.2) is 20.0 Å². The average Bonchev–Trinajstić information content (AvgIpc) is 2.97. The van der Waals surface area contributed by atoms with Crippen molar-refractivity contribution in [1.29, 1.82) is 0 Å². The number of rotatable bonds is 4. The molecule has 3 rings (SSSR count). The van der Waals surface area contributed by atoms with Gasteiger partial charge in [-0.25, -0.2) is 9.07 Å². The second-order valence-electron chi connectivity index (χ2n) is 5.55. The van der Waals surface area contributed by atoms with Gasteiger partial charge in [-0.3, -0.25) is 0 Å². The Morgan fingerprint density at radius 1 is 1.09 bits per heavy atom. The number of hydrogen-bond acceptors (Lipinski definition) is 4. The van der Waals surface area contributed by atoms with E-state index in [0.717, 1.165) is 11.3 Å². The summed E-state index contributed by atoms with van der Waals surface area (Å²) in [6.07, 6.45) is 1.84. The Balaban J connectivity index is 1.73. The third kappa shape index (κ3) is 3.36. The molecule has 0 aliphatic carbocycles. The Kier molecular flexibility index (Phi) is 4.06. The molecule has 23 heavy (non-hydrogen) atoms. The highest BCUT2D eigenvalue weighted by Crippen LogP contribution is 2.20. The molecular formula is C17H18FN5. The summed E-state index contributed by atoms with van der Waals surface area (Å²) in [4.78, 5) is 0. The van der Waals surface area contributed by atoms with Crippen LogP contribution in [-0.2, 0) is 0 Å².